The van der Waals surface area contributed by atoms with E-state index in [1.807, 2.05) is 30.3 Å². The molecule has 0 bridgehead atoms. The number of nitrogens with one attached hydrogen (secondary N) is 1. The summed E-state index contributed by atoms with van der Waals surface area (Å²) in [4.78, 5) is 2.30. The van der Waals surface area contributed by atoms with Gasteiger partial charge in [-0.05, 0) is 36.5 Å². The predicted molar refractivity (Wildman–Crippen MR) is 112 cm³/mol. The lowest BCUT2D eigenvalue weighted by Crippen LogP contribution is -2.53. The van der Waals surface area contributed by atoms with Crippen LogP contribution in [-0.4, -0.2) is 29.7 Å². The molecular formula is C24H27N5. The van der Waals surface area contributed by atoms with Gasteiger partial charge in [0.1, 0.15) is 5.92 Å². The van der Waals surface area contributed by atoms with Crippen LogP contribution in [0.2, 0.25) is 0 Å². The molecule has 0 spiro atoms. The van der Waals surface area contributed by atoms with Crippen molar-refractivity contribution in [2.75, 3.05) is 13.1 Å². The van der Waals surface area contributed by atoms with Gasteiger partial charge in [-0.25, -0.2) is 0 Å². The van der Waals surface area contributed by atoms with Crippen molar-refractivity contribution in [1.82, 2.24) is 4.90 Å². The molecule has 3 atom stereocenters. The van der Waals surface area contributed by atoms with E-state index in [0.717, 1.165) is 17.7 Å². The molecule has 1 saturated carbocycles. The fourth-order valence-corrected chi connectivity index (χ4v) is 4.72. The molecule has 5 nitrogen and oxygen atoms in total. The Labute approximate surface area is 173 Å². The van der Waals surface area contributed by atoms with Crippen molar-refractivity contribution in [3.8, 4) is 18.2 Å². The zero-order valence-electron chi connectivity index (χ0n) is 17.5. The van der Waals surface area contributed by atoms with E-state index in [4.69, 9.17) is 5.41 Å². The van der Waals surface area contributed by atoms with E-state index in [-0.39, 0.29) is 11.6 Å². The van der Waals surface area contributed by atoms with Crippen LogP contribution in [0.25, 0.3) is 0 Å². The Morgan fingerprint density at radius 3 is 2.17 bits per heavy atom. The highest BCUT2D eigenvalue weighted by molar-refractivity contribution is 6.00. The van der Waals surface area contributed by atoms with Crippen LogP contribution in [0.15, 0.2) is 35.9 Å². The van der Waals surface area contributed by atoms with Gasteiger partial charge < -0.3 is 5.41 Å². The van der Waals surface area contributed by atoms with E-state index in [9.17, 15) is 15.8 Å². The molecular weight excluding hydrogens is 358 g/mol. The molecule has 1 fully saturated rings. The third-order valence-corrected chi connectivity index (χ3v) is 6.51. The molecule has 1 aromatic carbocycles. The zero-order valence-corrected chi connectivity index (χ0v) is 17.5. The molecule has 2 aliphatic rings. The van der Waals surface area contributed by atoms with Gasteiger partial charge in [0, 0.05) is 31.0 Å². The van der Waals surface area contributed by atoms with Crippen LogP contribution in [0.5, 0.6) is 0 Å². The molecule has 1 N–H and O–H groups in total. The van der Waals surface area contributed by atoms with Crippen molar-refractivity contribution >= 4 is 5.71 Å². The summed E-state index contributed by atoms with van der Waals surface area (Å²) in [5.74, 6) is -1.03. The average molecular weight is 386 g/mol. The lowest BCUT2D eigenvalue weighted by Gasteiger charge is -2.48. The van der Waals surface area contributed by atoms with Crippen LogP contribution >= 0.6 is 0 Å². The second kappa shape index (κ2) is 7.82. The maximum absolute atomic E-state index is 10.1. The van der Waals surface area contributed by atoms with Crippen LogP contribution in [0.4, 0.5) is 0 Å². The monoisotopic (exact) mass is 385 g/mol. The molecule has 0 radical (unpaired) electrons. The molecule has 0 aromatic heterocycles. The van der Waals surface area contributed by atoms with E-state index in [1.165, 1.54) is 5.56 Å². The molecule has 3 unspecified atom stereocenters. The third-order valence-electron chi connectivity index (χ3n) is 6.51. The summed E-state index contributed by atoms with van der Waals surface area (Å²) < 4.78 is 0. The van der Waals surface area contributed by atoms with Crippen molar-refractivity contribution in [2.45, 2.75) is 45.6 Å². The summed E-state index contributed by atoms with van der Waals surface area (Å²) in [6.45, 7) is 9.90. The lowest BCUT2D eigenvalue weighted by atomic mass is 9.54. The van der Waals surface area contributed by atoms with Gasteiger partial charge in [-0.1, -0.05) is 44.2 Å². The van der Waals surface area contributed by atoms with E-state index in [0.29, 0.717) is 18.5 Å². The molecule has 148 valence electrons. The normalized spacial score (nSPS) is 26.2. The van der Waals surface area contributed by atoms with Gasteiger partial charge in [0.05, 0.1) is 23.9 Å². The fraction of sp³-hybridized carbons (Fsp3) is 0.500. The number of hydrogen-bond donors (Lipinski definition) is 1. The predicted octanol–water partition coefficient (Wildman–Crippen LogP) is 4.37. The van der Waals surface area contributed by atoms with Crippen LogP contribution < -0.4 is 0 Å². The Morgan fingerprint density at radius 2 is 1.69 bits per heavy atom. The van der Waals surface area contributed by atoms with Crippen molar-refractivity contribution < 1.29 is 0 Å². The number of nitriles is 3. The Bertz CT molecular complexity index is 935. The molecule has 29 heavy (non-hydrogen) atoms. The van der Waals surface area contributed by atoms with Gasteiger partial charge in [0.2, 0.25) is 0 Å². The van der Waals surface area contributed by atoms with Gasteiger partial charge in [-0.3, -0.25) is 4.90 Å². The van der Waals surface area contributed by atoms with Crippen LogP contribution in [0, 0.1) is 56.7 Å². The van der Waals surface area contributed by atoms with Gasteiger partial charge in [-0.2, -0.15) is 15.8 Å². The van der Waals surface area contributed by atoms with Crippen LogP contribution in [-0.2, 0) is 0 Å². The quantitative estimate of drug-likeness (QED) is 0.781. The molecule has 1 aliphatic heterocycles. The number of nitrogens with zero attached hydrogens (tertiary/aromatic N) is 4. The van der Waals surface area contributed by atoms with Crippen molar-refractivity contribution in [3.05, 3.63) is 47.0 Å². The molecule has 0 amide bonds. The number of rotatable bonds is 3. The highest BCUT2D eigenvalue weighted by atomic mass is 15.2. The molecule has 1 aromatic rings. The van der Waals surface area contributed by atoms with Crippen molar-refractivity contribution in [2.24, 2.45) is 17.3 Å². The maximum atomic E-state index is 10.1. The second-order valence-electron chi connectivity index (χ2n) is 8.66. The van der Waals surface area contributed by atoms with E-state index >= 15 is 0 Å². The van der Waals surface area contributed by atoms with E-state index in [1.54, 1.807) is 0 Å². The molecule has 3 rings (SSSR count). The third kappa shape index (κ3) is 3.25. The first-order valence-corrected chi connectivity index (χ1v) is 10.2. The topological polar surface area (TPSA) is 98.5 Å². The number of fused-ring (bicyclic) bond motifs is 1. The van der Waals surface area contributed by atoms with Gasteiger partial charge in [0.25, 0.3) is 0 Å². The SMILES string of the molecule is CC(C)c1ccc(C2C3CN(C(C)C)CC=C3C(C#N)C(=N)C2(C#N)C#N)cc1. The zero-order chi connectivity index (χ0) is 21.3. The fourth-order valence-electron chi connectivity index (χ4n) is 4.72. The molecule has 5 heteroatoms. The highest BCUT2D eigenvalue weighted by Gasteiger charge is 2.57. The summed E-state index contributed by atoms with van der Waals surface area (Å²) in [5.41, 5.74) is 1.26. The summed E-state index contributed by atoms with van der Waals surface area (Å²) in [5, 5.41) is 38.7. The lowest BCUT2D eigenvalue weighted by molar-refractivity contribution is 0.171. The van der Waals surface area contributed by atoms with Crippen molar-refractivity contribution in [3.63, 3.8) is 0 Å². The molecule has 1 aliphatic carbocycles. The summed E-state index contributed by atoms with van der Waals surface area (Å²) in [6, 6.07) is 14.9. The van der Waals surface area contributed by atoms with Crippen LogP contribution in [0.1, 0.15) is 50.7 Å². The van der Waals surface area contributed by atoms with Gasteiger partial charge in [-0.15, -0.1) is 0 Å². The van der Waals surface area contributed by atoms with Crippen molar-refractivity contribution in [1.29, 1.82) is 21.2 Å². The van der Waals surface area contributed by atoms with E-state index < -0.39 is 17.3 Å². The Hall–Kier alpha value is -2.94. The summed E-state index contributed by atoms with van der Waals surface area (Å²) >= 11 is 0. The number of benzene rings is 1. The maximum Gasteiger partial charge on any atom is 0.189 e. The highest BCUT2D eigenvalue weighted by Crippen LogP contribution is 2.53. The largest absolute Gasteiger partial charge is 0.305 e. The first kappa shape index (κ1) is 20.8. The van der Waals surface area contributed by atoms with Gasteiger partial charge >= 0.3 is 0 Å². The standard InChI is InChI=1S/C24H27N5/c1-15(2)17-5-7-18(8-6-17)22-21-12-29(16(3)4)10-9-19(21)20(11-25)23(28)24(22,13-26)14-27/h5-9,15-16,20-22,28H,10,12H2,1-4H3. The Morgan fingerprint density at radius 1 is 1.07 bits per heavy atom. The minimum Gasteiger partial charge on any atom is -0.305 e. The first-order valence-electron chi connectivity index (χ1n) is 10.2. The second-order valence-corrected chi connectivity index (χ2v) is 8.66. The van der Waals surface area contributed by atoms with Gasteiger partial charge in [0.15, 0.2) is 5.41 Å². The van der Waals surface area contributed by atoms with E-state index in [2.05, 4.69) is 50.8 Å². The smallest absolute Gasteiger partial charge is 0.189 e. The minimum atomic E-state index is -1.64. The summed E-state index contributed by atoms with van der Waals surface area (Å²) in [7, 11) is 0. The Balaban J connectivity index is 2.20. The molecule has 0 saturated heterocycles. The average Bonchev–Trinajstić information content (AvgIpc) is 2.72. The number of hydrogen-bond acceptors (Lipinski definition) is 5. The Kier molecular flexibility index (Phi) is 5.61. The summed E-state index contributed by atoms with van der Waals surface area (Å²) in [6.07, 6.45) is 2.05. The first-order chi connectivity index (χ1) is 13.8. The molecule has 1 heterocycles. The minimum absolute atomic E-state index is 0.0802. The van der Waals surface area contributed by atoms with Crippen LogP contribution in [0.3, 0.4) is 0 Å².